The molecule has 3 aromatic rings. The fraction of sp³-hybridized carbons (Fsp3) is 0.400. The first-order chi connectivity index (χ1) is 16.2. The lowest BCUT2D eigenvalue weighted by Crippen LogP contribution is -2.46. The Morgan fingerprint density at radius 1 is 1.12 bits per heavy atom. The largest absolute Gasteiger partial charge is 0.354 e. The Bertz CT molecular complexity index is 1040. The minimum atomic E-state index is 0.635. The topological polar surface area (TPSA) is 75.7 Å². The van der Waals surface area contributed by atoms with Crippen LogP contribution in [0.1, 0.15) is 18.3 Å². The molecule has 1 aliphatic rings. The molecule has 0 spiro atoms. The molecule has 1 fully saturated rings. The second-order valence-electron chi connectivity index (χ2n) is 8.31. The molecule has 0 unspecified atom stereocenters. The van der Waals surface area contributed by atoms with E-state index in [1.807, 2.05) is 44.7 Å². The lowest BCUT2D eigenvalue weighted by atomic mass is 10.2. The van der Waals surface area contributed by atoms with Crippen LogP contribution in [0.15, 0.2) is 59.9 Å². The van der Waals surface area contributed by atoms with Gasteiger partial charge in [-0.15, -0.1) is 0 Å². The summed E-state index contributed by atoms with van der Waals surface area (Å²) in [6, 6.07) is 14.5. The SMILES string of the molecule is CCN1CCN(c2cc(CNC(=NC)N(C)Cc3ncc(-c4ccccc4)[nH]3)ccn2)CC1. The molecule has 0 atom stereocenters. The van der Waals surface area contributed by atoms with Crippen LogP contribution in [-0.4, -0.2) is 77.5 Å². The van der Waals surface area contributed by atoms with Crippen molar-refractivity contribution in [1.29, 1.82) is 0 Å². The molecular formula is C25H34N8. The Morgan fingerprint density at radius 2 is 1.91 bits per heavy atom. The van der Waals surface area contributed by atoms with E-state index in [4.69, 9.17) is 0 Å². The summed E-state index contributed by atoms with van der Waals surface area (Å²) in [6.45, 7) is 8.90. The van der Waals surface area contributed by atoms with E-state index in [9.17, 15) is 0 Å². The zero-order valence-electron chi connectivity index (χ0n) is 19.8. The fourth-order valence-electron chi connectivity index (χ4n) is 4.11. The molecule has 2 N–H and O–H groups in total. The minimum absolute atomic E-state index is 0.635. The van der Waals surface area contributed by atoms with Crippen LogP contribution in [0.2, 0.25) is 0 Å². The van der Waals surface area contributed by atoms with Crippen LogP contribution in [0.25, 0.3) is 11.3 Å². The highest BCUT2D eigenvalue weighted by Gasteiger charge is 2.17. The number of hydrogen-bond donors (Lipinski definition) is 2. The number of guanidine groups is 1. The van der Waals surface area contributed by atoms with Gasteiger partial charge in [-0.1, -0.05) is 37.3 Å². The summed E-state index contributed by atoms with van der Waals surface area (Å²) in [6.07, 6.45) is 3.78. The van der Waals surface area contributed by atoms with Crippen LogP contribution >= 0.6 is 0 Å². The molecule has 3 heterocycles. The molecule has 0 saturated carbocycles. The highest BCUT2D eigenvalue weighted by atomic mass is 15.3. The summed E-state index contributed by atoms with van der Waals surface area (Å²) in [5, 5.41) is 3.47. The van der Waals surface area contributed by atoms with E-state index in [0.717, 1.165) is 61.6 Å². The summed E-state index contributed by atoms with van der Waals surface area (Å²) in [5.74, 6) is 2.77. The molecule has 0 amide bonds. The van der Waals surface area contributed by atoms with Crippen LogP contribution in [0.5, 0.6) is 0 Å². The quantitative estimate of drug-likeness (QED) is 0.429. The van der Waals surface area contributed by atoms with Crippen molar-refractivity contribution in [2.45, 2.75) is 20.0 Å². The monoisotopic (exact) mass is 446 g/mol. The zero-order chi connectivity index (χ0) is 23.0. The number of nitrogens with one attached hydrogen (secondary N) is 2. The molecule has 0 radical (unpaired) electrons. The number of pyridine rings is 1. The number of nitrogens with zero attached hydrogens (tertiary/aromatic N) is 6. The molecule has 0 bridgehead atoms. The Kier molecular flexibility index (Phi) is 7.57. The van der Waals surface area contributed by atoms with E-state index in [1.54, 1.807) is 0 Å². The van der Waals surface area contributed by atoms with Crippen molar-refractivity contribution in [2.75, 3.05) is 51.7 Å². The second kappa shape index (κ2) is 11.0. The van der Waals surface area contributed by atoms with E-state index >= 15 is 0 Å². The molecule has 0 aliphatic carbocycles. The van der Waals surface area contributed by atoms with Crippen LogP contribution in [0, 0.1) is 0 Å². The van der Waals surface area contributed by atoms with Crippen LogP contribution in [0.4, 0.5) is 5.82 Å². The number of H-pyrrole nitrogens is 1. The molecule has 33 heavy (non-hydrogen) atoms. The number of aliphatic imine (C=N–C) groups is 1. The first-order valence-corrected chi connectivity index (χ1v) is 11.6. The number of rotatable bonds is 7. The third kappa shape index (κ3) is 5.90. The number of imidazole rings is 1. The maximum atomic E-state index is 4.61. The van der Waals surface area contributed by atoms with E-state index in [-0.39, 0.29) is 0 Å². The van der Waals surface area contributed by atoms with Crippen molar-refractivity contribution in [3.8, 4) is 11.3 Å². The van der Waals surface area contributed by atoms with Crippen molar-refractivity contribution < 1.29 is 0 Å². The van der Waals surface area contributed by atoms with Gasteiger partial charge in [-0.05, 0) is 29.8 Å². The van der Waals surface area contributed by atoms with Gasteiger partial charge in [-0.25, -0.2) is 9.97 Å². The van der Waals surface area contributed by atoms with Gasteiger partial charge in [0.15, 0.2) is 5.96 Å². The molecule has 174 valence electrons. The number of benzene rings is 1. The lowest BCUT2D eigenvalue weighted by Gasteiger charge is -2.34. The zero-order valence-corrected chi connectivity index (χ0v) is 19.8. The Labute approximate surface area is 196 Å². The van der Waals surface area contributed by atoms with Gasteiger partial charge in [-0.3, -0.25) is 4.99 Å². The van der Waals surface area contributed by atoms with Crippen molar-refractivity contribution in [2.24, 2.45) is 4.99 Å². The van der Waals surface area contributed by atoms with Gasteiger partial charge in [0.2, 0.25) is 0 Å². The average molecular weight is 447 g/mol. The first kappa shape index (κ1) is 22.8. The summed E-state index contributed by atoms with van der Waals surface area (Å²) in [4.78, 5) is 23.9. The molecular weight excluding hydrogens is 412 g/mol. The van der Waals surface area contributed by atoms with Gasteiger partial charge in [0, 0.05) is 53.0 Å². The Balaban J connectivity index is 1.33. The summed E-state index contributed by atoms with van der Waals surface area (Å²) < 4.78 is 0. The number of aromatic amines is 1. The van der Waals surface area contributed by atoms with Gasteiger partial charge in [0.25, 0.3) is 0 Å². The van der Waals surface area contributed by atoms with E-state index in [2.05, 4.69) is 71.2 Å². The standard InChI is InChI=1S/C25H34N8/c1-4-32-12-14-33(15-13-32)24-16-20(10-11-27-24)17-29-25(26-2)31(3)19-23-28-18-22(30-23)21-8-6-5-7-9-21/h5-11,16,18H,4,12-15,17,19H2,1-3H3,(H,26,29)(H,28,30). The maximum absolute atomic E-state index is 4.61. The first-order valence-electron chi connectivity index (χ1n) is 11.6. The average Bonchev–Trinajstić information content (AvgIpc) is 3.33. The number of anilines is 1. The van der Waals surface area contributed by atoms with Gasteiger partial charge in [0.05, 0.1) is 18.4 Å². The number of piperazine rings is 1. The van der Waals surface area contributed by atoms with E-state index in [1.165, 1.54) is 5.56 Å². The highest BCUT2D eigenvalue weighted by molar-refractivity contribution is 5.79. The number of likely N-dealkylation sites (N-methyl/N-ethyl adjacent to an activating group) is 1. The van der Waals surface area contributed by atoms with Crippen molar-refractivity contribution in [3.63, 3.8) is 0 Å². The highest BCUT2D eigenvalue weighted by Crippen LogP contribution is 2.17. The summed E-state index contributed by atoms with van der Waals surface area (Å²) in [5.41, 5.74) is 3.34. The van der Waals surface area contributed by atoms with Crippen LogP contribution in [-0.2, 0) is 13.1 Å². The van der Waals surface area contributed by atoms with E-state index < -0.39 is 0 Å². The normalized spacial score (nSPS) is 15.0. The van der Waals surface area contributed by atoms with Gasteiger partial charge in [-0.2, -0.15) is 0 Å². The summed E-state index contributed by atoms with van der Waals surface area (Å²) >= 11 is 0. The van der Waals surface area contributed by atoms with E-state index in [0.29, 0.717) is 13.1 Å². The molecule has 1 aromatic carbocycles. The van der Waals surface area contributed by atoms with Gasteiger partial charge < -0.3 is 25.0 Å². The smallest absolute Gasteiger partial charge is 0.194 e. The van der Waals surface area contributed by atoms with Crippen molar-refractivity contribution >= 4 is 11.8 Å². The molecule has 8 heteroatoms. The molecule has 1 aliphatic heterocycles. The van der Waals surface area contributed by atoms with Crippen LogP contribution < -0.4 is 10.2 Å². The number of hydrogen-bond acceptors (Lipinski definition) is 5. The van der Waals surface area contributed by atoms with Gasteiger partial charge >= 0.3 is 0 Å². The van der Waals surface area contributed by atoms with Crippen molar-refractivity contribution in [1.82, 2.24) is 30.1 Å². The molecule has 4 rings (SSSR count). The number of aromatic nitrogens is 3. The third-order valence-corrected chi connectivity index (χ3v) is 6.08. The summed E-state index contributed by atoms with van der Waals surface area (Å²) in [7, 11) is 3.83. The van der Waals surface area contributed by atoms with Crippen LogP contribution in [0.3, 0.4) is 0 Å². The van der Waals surface area contributed by atoms with Crippen molar-refractivity contribution in [3.05, 3.63) is 66.2 Å². The Morgan fingerprint density at radius 3 is 2.64 bits per heavy atom. The molecule has 2 aromatic heterocycles. The fourth-order valence-corrected chi connectivity index (χ4v) is 4.11. The third-order valence-electron chi connectivity index (χ3n) is 6.08. The molecule has 1 saturated heterocycles. The maximum Gasteiger partial charge on any atom is 0.194 e. The lowest BCUT2D eigenvalue weighted by molar-refractivity contribution is 0.270. The second-order valence-corrected chi connectivity index (χ2v) is 8.31. The Hall–Kier alpha value is -3.39. The molecule has 8 nitrogen and oxygen atoms in total. The minimum Gasteiger partial charge on any atom is -0.354 e. The predicted octanol–water partition coefficient (Wildman–Crippen LogP) is 2.82. The van der Waals surface area contributed by atoms with Gasteiger partial charge in [0.1, 0.15) is 11.6 Å². The predicted molar refractivity (Wildman–Crippen MR) is 134 cm³/mol.